The minimum Gasteiger partial charge on any atom is -0.398 e. The molecular formula is C15H15ClN4O. The smallest absolute Gasteiger partial charge is 0.245 e. The van der Waals surface area contributed by atoms with Crippen LogP contribution in [0.15, 0.2) is 42.5 Å². The zero-order chi connectivity index (χ0) is 15.4. The van der Waals surface area contributed by atoms with Gasteiger partial charge in [0.25, 0.3) is 0 Å². The second kappa shape index (κ2) is 6.39. The maximum absolute atomic E-state index is 12.1. The summed E-state index contributed by atoms with van der Waals surface area (Å²) >= 11 is 5.80. The van der Waals surface area contributed by atoms with E-state index in [1.165, 1.54) is 0 Å². The minimum absolute atomic E-state index is 0.349. The van der Waals surface area contributed by atoms with Crippen LogP contribution in [0.2, 0.25) is 5.02 Å². The summed E-state index contributed by atoms with van der Waals surface area (Å²) in [6.45, 7) is 0. The summed E-state index contributed by atoms with van der Waals surface area (Å²) in [5.41, 5.74) is 13.8. The number of nitrogen functional groups attached to an aromatic ring is 1. The average Bonchev–Trinajstić information content (AvgIpc) is 2.49. The molecule has 21 heavy (non-hydrogen) atoms. The number of benzene rings is 2. The van der Waals surface area contributed by atoms with Crippen molar-refractivity contribution >= 4 is 35.1 Å². The highest BCUT2D eigenvalue weighted by Crippen LogP contribution is 2.19. The Balaban J connectivity index is 2.13. The number of amides is 1. The number of carbonyl (C=O) groups excluding carboxylic acids is 1. The highest BCUT2D eigenvalue weighted by molar-refractivity contribution is 6.30. The zero-order valence-electron chi connectivity index (χ0n) is 11.1. The largest absolute Gasteiger partial charge is 0.398 e. The van der Waals surface area contributed by atoms with Gasteiger partial charge in [-0.15, -0.1) is 0 Å². The number of hydrogen-bond donors (Lipinski definition) is 4. The summed E-state index contributed by atoms with van der Waals surface area (Å²) in [6.07, 6.45) is 1.13. The van der Waals surface area contributed by atoms with Gasteiger partial charge in [0.1, 0.15) is 6.04 Å². The molecule has 6 N–H and O–H groups in total. The molecule has 0 fully saturated rings. The average molecular weight is 303 g/mol. The fourth-order valence-corrected chi connectivity index (χ4v) is 1.94. The van der Waals surface area contributed by atoms with Crippen molar-refractivity contribution in [2.45, 2.75) is 6.04 Å². The summed E-state index contributed by atoms with van der Waals surface area (Å²) in [5.74, 6) is -0.349. The first-order valence-electron chi connectivity index (χ1n) is 6.23. The van der Waals surface area contributed by atoms with Crippen molar-refractivity contribution in [3.05, 3.63) is 58.6 Å². The fourth-order valence-electron chi connectivity index (χ4n) is 1.82. The third kappa shape index (κ3) is 3.59. The third-order valence-corrected chi connectivity index (χ3v) is 3.27. The molecular weight excluding hydrogens is 288 g/mol. The second-order valence-electron chi connectivity index (χ2n) is 4.51. The monoisotopic (exact) mass is 302 g/mol. The van der Waals surface area contributed by atoms with Crippen molar-refractivity contribution < 1.29 is 4.79 Å². The van der Waals surface area contributed by atoms with Crippen molar-refractivity contribution in [3.8, 4) is 0 Å². The van der Waals surface area contributed by atoms with E-state index in [9.17, 15) is 4.79 Å². The van der Waals surface area contributed by atoms with E-state index in [1.807, 2.05) is 0 Å². The van der Waals surface area contributed by atoms with Gasteiger partial charge in [0.05, 0.1) is 0 Å². The van der Waals surface area contributed by atoms with E-state index in [0.29, 0.717) is 27.5 Å². The van der Waals surface area contributed by atoms with Crippen molar-refractivity contribution in [3.63, 3.8) is 0 Å². The van der Waals surface area contributed by atoms with Gasteiger partial charge in [0.2, 0.25) is 5.91 Å². The van der Waals surface area contributed by atoms with Crippen LogP contribution in [-0.4, -0.2) is 12.1 Å². The molecule has 2 aromatic carbocycles. The Bertz CT molecular complexity index is 670. The van der Waals surface area contributed by atoms with Crippen LogP contribution in [0.1, 0.15) is 17.2 Å². The molecule has 2 aromatic rings. The Morgan fingerprint density at radius 1 is 1.24 bits per heavy atom. The van der Waals surface area contributed by atoms with Crippen molar-refractivity contribution in [1.29, 1.82) is 5.41 Å². The van der Waals surface area contributed by atoms with Gasteiger partial charge in [-0.05, 0) is 35.9 Å². The standard InChI is InChI=1S/C15H15ClN4O/c16-11-3-1-9(2-4-11)14(19)15(21)20-12-5-6-13(18)10(7-12)8-17/h1-8,14,17H,18-19H2,(H,20,21). The molecule has 0 aliphatic carbocycles. The first kappa shape index (κ1) is 15.0. The molecule has 0 saturated heterocycles. The quantitative estimate of drug-likeness (QED) is 0.515. The Hall–Kier alpha value is -2.37. The first-order chi connectivity index (χ1) is 10.0. The van der Waals surface area contributed by atoms with Crippen LogP contribution >= 0.6 is 11.6 Å². The van der Waals surface area contributed by atoms with Crippen LogP contribution in [0, 0.1) is 5.41 Å². The lowest BCUT2D eigenvalue weighted by atomic mass is 10.1. The van der Waals surface area contributed by atoms with Crippen LogP contribution < -0.4 is 16.8 Å². The molecule has 108 valence electrons. The Morgan fingerprint density at radius 3 is 2.52 bits per heavy atom. The fraction of sp³-hybridized carbons (Fsp3) is 0.0667. The molecule has 0 spiro atoms. The van der Waals surface area contributed by atoms with Gasteiger partial charge in [0.15, 0.2) is 0 Å². The molecule has 1 atom stereocenters. The number of nitrogens with one attached hydrogen (secondary N) is 2. The molecule has 1 amide bonds. The van der Waals surface area contributed by atoms with E-state index in [2.05, 4.69) is 5.32 Å². The van der Waals surface area contributed by atoms with Gasteiger partial charge in [0, 0.05) is 28.2 Å². The maximum Gasteiger partial charge on any atom is 0.245 e. The number of anilines is 2. The molecule has 2 rings (SSSR count). The van der Waals surface area contributed by atoms with Gasteiger partial charge >= 0.3 is 0 Å². The lowest BCUT2D eigenvalue weighted by Crippen LogP contribution is -2.27. The lowest BCUT2D eigenvalue weighted by Gasteiger charge is -2.13. The Morgan fingerprint density at radius 2 is 1.90 bits per heavy atom. The first-order valence-corrected chi connectivity index (χ1v) is 6.61. The lowest BCUT2D eigenvalue weighted by molar-refractivity contribution is -0.117. The molecule has 0 aromatic heterocycles. The molecule has 0 bridgehead atoms. The van der Waals surface area contributed by atoms with Crippen molar-refractivity contribution in [1.82, 2.24) is 0 Å². The molecule has 1 unspecified atom stereocenters. The zero-order valence-corrected chi connectivity index (χ0v) is 11.9. The van der Waals surface area contributed by atoms with Gasteiger partial charge in [-0.2, -0.15) is 0 Å². The summed E-state index contributed by atoms with van der Waals surface area (Å²) in [7, 11) is 0. The minimum atomic E-state index is -0.803. The van der Waals surface area contributed by atoms with Crippen LogP contribution in [-0.2, 0) is 4.79 Å². The topological polar surface area (TPSA) is 105 Å². The Kier molecular flexibility index (Phi) is 4.57. The van der Waals surface area contributed by atoms with Crippen LogP contribution in [0.5, 0.6) is 0 Å². The van der Waals surface area contributed by atoms with E-state index in [4.69, 9.17) is 28.5 Å². The second-order valence-corrected chi connectivity index (χ2v) is 4.94. The Labute approximate surface area is 127 Å². The summed E-state index contributed by atoms with van der Waals surface area (Å²) < 4.78 is 0. The van der Waals surface area contributed by atoms with E-state index >= 15 is 0 Å². The van der Waals surface area contributed by atoms with Crippen molar-refractivity contribution in [2.24, 2.45) is 5.73 Å². The highest BCUT2D eigenvalue weighted by atomic mass is 35.5. The van der Waals surface area contributed by atoms with E-state index in [1.54, 1.807) is 42.5 Å². The van der Waals surface area contributed by atoms with Gasteiger partial charge < -0.3 is 22.2 Å². The number of nitrogens with two attached hydrogens (primary N) is 2. The predicted octanol–water partition coefficient (Wildman–Crippen LogP) is 2.56. The molecule has 0 aliphatic heterocycles. The summed E-state index contributed by atoms with van der Waals surface area (Å²) in [6, 6.07) is 10.9. The van der Waals surface area contributed by atoms with E-state index in [-0.39, 0.29) is 5.91 Å². The molecule has 6 heteroatoms. The van der Waals surface area contributed by atoms with Gasteiger partial charge in [-0.25, -0.2) is 0 Å². The van der Waals surface area contributed by atoms with Crippen LogP contribution in [0.4, 0.5) is 11.4 Å². The van der Waals surface area contributed by atoms with Crippen LogP contribution in [0.3, 0.4) is 0 Å². The van der Waals surface area contributed by atoms with E-state index < -0.39 is 6.04 Å². The molecule has 5 nitrogen and oxygen atoms in total. The molecule has 0 heterocycles. The normalized spacial score (nSPS) is 11.7. The third-order valence-electron chi connectivity index (χ3n) is 3.02. The predicted molar refractivity (Wildman–Crippen MR) is 85.8 cm³/mol. The van der Waals surface area contributed by atoms with Crippen LogP contribution in [0.25, 0.3) is 0 Å². The molecule has 0 radical (unpaired) electrons. The molecule has 0 aliphatic rings. The highest BCUT2D eigenvalue weighted by Gasteiger charge is 2.16. The maximum atomic E-state index is 12.1. The SMILES string of the molecule is N=Cc1cc(NC(=O)C(N)c2ccc(Cl)cc2)ccc1N. The van der Waals surface area contributed by atoms with Gasteiger partial charge in [-0.1, -0.05) is 23.7 Å². The van der Waals surface area contributed by atoms with Crippen molar-refractivity contribution in [2.75, 3.05) is 11.1 Å². The number of carbonyl (C=O) groups is 1. The van der Waals surface area contributed by atoms with Gasteiger partial charge in [-0.3, -0.25) is 4.79 Å². The summed E-state index contributed by atoms with van der Waals surface area (Å²) in [5, 5.41) is 10.5. The number of rotatable bonds is 4. The number of halogens is 1. The molecule has 0 saturated carbocycles. The summed E-state index contributed by atoms with van der Waals surface area (Å²) in [4.78, 5) is 12.1. The van der Waals surface area contributed by atoms with E-state index in [0.717, 1.165) is 6.21 Å². The number of hydrogen-bond acceptors (Lipinski definition) is 4.